The fourth-order valence-corrected chi connectivity index (χ4v) is 3.07. The fourth-order valence-electron chi connectivity index (χ4n) is 3.07. The molecule has 0 amide bonds. The first kappa shape index (κ1) is 18.1. The number of anilines is 2. The molecule has 4 N–H and O–H groups in total. The van der Waals surface area contributed by atoms with E-state index >= 15 is 0 Å². The Kier molecular flexibility index (Phi) is 4.12. The van der Waals surface area contributed by atoms with Crippen LogP contribution in [0.15, 0.2) is 41.5 Å². The second-order valence-corrected chi connectivity index (χ2v) is 7.05. The summed E-state index contributed by atoms with van der Waals surface area (Å²) < 4.78 is 29.2. The van der Waals surface area contributed by atoms with Gasteiger partial charge in [-0.15, -0.1) is 0 Å². The molecule has 5 rings (SSSR count). The molecule has 1 aliphatic carbocycles. The van der Waals surface area contributed by atoms with Gasteiger partial charge in [-0.1, -0.05) is 0 Å². The highest BCUT2D eigenvalue weighted by Crippen LogP contribution is 2.24. The highest BCUT2D eigenvalue weighted by molar-refractivity contribution is 5.63. The van der Waals surface area contributed by atoms with Gasteiger partial charge in [-0.05, 0) is 31.1 Å². The molecular weight excluding hydrogens is 394 g/mol. The maximum Gasteiger partial charge on any atom is 0.198 e. The monoisotopic (exact) mass is 410 g/mol. The van der Waals surface area contributed by atoms with Crippen molar-refractivity contribution < 1.29 is 19.0 Å². The standard InChI is InChI=1S/C20H16F2N6O2/c21-12-1-4-14(22)15(7-12)25-16-8-17(24-13-2-3-13)28-19(26-16)11(9-23-28)5-10-6-18(29)27-20(10)30/h1,4-9,13,25,27,29-30H,2-3H2. The van der Waals surface area contributed by atoms with Gasteiger partial charge in [-0.25, -0.2) is 13.8 Å². The first-order valence-corrected chi connectivity index (χ1v) is 9.23. The lowest BCUT2D eigenvalue weighted by Crippen LogP contribution is -2.20. The predicted octanol–water partition coefficient (Wildman–Crippen LogP) is 2.10. The quantitative estimate of drug-likeness (QED) is 0.412. The number of H-pyrrole nitrogens is 1. The number of benzene rings is 1. The summed E-state index contributed by atoms with van der Waals surface area (Å²) in [7, 11) is 0. The number of aromatic hydroxyl groups is 2. The van der Waals surface area contributed by atoms with Crippen LogP contribution in [0.4, 0.5) is 20.3 Å². The largest absolute Gasteiger partial charge is 0.494 e. The zero-order chi connectivity index (χ0) is 20.8. The van der Waals surface area contributed by atoms with Crippen LogP contribution < -0.4 is 16.0 Å². The topological polar surface area (TPSA) is 111 Å². The highest BCUT2D eigenvalue weighted by atomic mass is 19.1. The highest BCUT2D eigenvalue weighted by Gasteiger charge is 2.20. The lowest BCUT2D eigenvalue weighted by atomic mass is 10.2. The summed E-state index contributed by atoms with van der Waals surface area (Å²) >= 11 is 0. The van der Waals surface area contributed by atoms with Gasteiger partial charge in [-0.3, -0.25) is 9.98 Å². The zero-order valence-electron chi connectivity index (χ0n) is 15.5. The summed E-state index contributed by atoms with van der Waals surface area (Å²) in [6, 6.07) is 6.28. The normalized spacial score (nSPS) is 15.3. The smallest absolute Gasteiger partial charge is 0.198 e. The van der Waals surface area contributed by atoms with Crippen LogP contribution in [-0.4, -0.2) is 35.8 Å². The molecule has 10 heteroatoms. The molecule has 0 saturated heterocycles. The van der Waals surface area contributed by atoms with Crippen molar-refractivity contribution in [2.24, 2.45) is 4.99 Å². The van der Waals surface area contributed by atoms with Crippen LogP contribution >= 0.6 is 0 Å². The molecule has 1 aliphatic rings. The SMILES string of the molecule is Oc1cc(C=c2cnn3c(=NC4CC4)cc(Nc4cc(F)ccc4F)nc23)c(O)[nH]1. The molecule has 1 saturated carbocycles. The average Bonchev–Trinajstić information content (AvgIpc) is 3.34. The van der Waals surface area contributed by atoms with E-state index in [1.165, 1.54) is 6.07 Å². The van der Waals surface area contributed by atoms with Crippen LogP contribution in [0.5, 0.6) is 11.8 Å². The summed E-state index contributed by atoms with van der Waals surface area (Å²) in [4.78, 5) is 11.5. The molecule has 8 nitrogen and oxygen atoms in total. The van der Waals surface area contributed by atoms with Crippen molar-refractivity contribution >= 4 is 23.2 Å². The van der Waals surface area contributed by atoms with Crippen LogP contribution in [0.25, 0.3) is 11.7 Å². The van der Waals surface area contributed by atoms with E-state index in [-0.39, 0.29) is 29.3 Å². The third-order valence-electron chi connectivity index (χ3n) is 4.66. The van der Waals surface area contributed by atoms with Gasteiger partial charge in [-0.2, -0.15) is 9.61 Å². The van der Waals surface area contributed by atoms with Crippen LogP contribution in [-0.2, 0) is 0 Å². The molecule has 30 heavy (non-hydrogen) atoms. The van der Waals surface area contributed by atoms with E-state index in [2.05, 4.69) is 25.4 Å². The Morgan fingerprint density at radius 2 is 2.03 bits per heavy atom. The van der Waals surface area contributed by atoms with E-state index in [1.54, 1.807) is 22.9 Å². The maximum absolute atomic E-state index is 14.1. The van der Waals surface area contributed by atoms with Gasteiger partial charge in [0, 0.05) is 29.0 Å². The van der Waals surface area contributed by atoms with Gasteiger partial charge in [0.25, 0.3) is 0 Å². The Hall–Kier alpha value is -3.95. The molecule has 1 fully saturated rings. The minimum Gasteiger partial charge on any atom is -0.494 e. The number of aromatic nitrogens is 4. The van der Waals surface area contributed by atoms with E-state index in [4.69, 9.17) is 0 Å². The molecule has 0 spiro atoms. The number of aromatic amines is 1. The molecule has 1 aromatic carbocycles. The fraction of sp³-hybridized carbons (Fsp3) is 0.150. The van der Waals surface area contributed by atoms with Crippen LogP contribution in [0.3, 0.4) is 0 Å². The molecule has 152 valence electrons. The van der Waals surface area contributed by atoms with Crippen molar-refractivity contribution in [3.05, 3.63) is 64.4 Å². The van der Waals surface area contributed by atoms with Crippen LogP contribution in [0.1, 0.15) is 18.4 Å². The Morgan fingerprint density at radius 1 is 1.20 bits per heavy atom. The van der Waals surface area contributed by atoms with Crippen molar-refractivity contribution in [1.82, 2.24) is 19.6 Å². The minimum absolute atomic E-state index is 0.0533. The number of fused-ring (bicyclic) bond motifs is 1. The number of hydrogen-bond donors (Lipinski definition) is 4. The van der Waals surface area contributed by atoms with Gasteiger partial charge in [0.15, 0.2) is 22.9 Å². The van der Waals surface area contributed by atoms with E-state index < -0.39 is 11.6 Å². The lowest BCUT2D eigenvalue weighted by molar-refractivity contribution is 0.425. The maximum atomic E-state index is 14.1. The summed E-state index contributed by atoms with van der Waals surface area (Å²) in [6.45, 7) is 0. The van der Waals surface area contributed by atoms with Gasteiger partial charge in [0.2, 0.25) is 0 Å². The third-order valence-corrected chi connectivity index (χ3v) is 4.66. The third kappa shape index (κ3) is 3.43. The van der Waals surface area contributed by atoms with Crippen molar-refractivity contribution in [1.29, 1.82) is 0 Å². The van der Waals surface area contributed by atoms with E-state index in [9.17, 15) is 19.0 Å². The van der Waals surface area contributed by atoms with Crippen LogP contribution in [0.2, 0.25) is 0 Å². The molecule has 0 unspecified atom stereocenters. The summed E-state index contributed by atoms with van der Waals surface area (Å²) in [5.41, 5.74) is 1.21. The number of hydrogen-bond acceptors (Lipinski definition) is 6. The predicted molar refractivity (Wildman–Crippen MR) is 104 cm³/mol. The second kappa shape index (κ2) is 6.83. The van der Waals surface area contributed by atoms with Gasteiger partial charge >= 0.3 is 0 Å². The number of nitrogens with zero attached hydrogens (tertiary/aromatic N) is 4. The van der Waals surface area contributed by atoms with Crippen molar-refractivity contribution in [2.45, 2.75) is 18.9 Å². The summed E-state index contributed by atoms with van der Waals surface area (Å²) in [5, 5.41) is 27.1. The van der Waals surface area contributed by atoms with Gasteiger partial charge in [0.05, 0.1) is 17.9 Å². The molecule has 3 heterocycles. The molecule has 0 atom stereocenters. The Labute approximate surface area is 167 Å². The lowest BCUT2D eigenvalue weighted by Gasteiger charge is -2.07. The van der Waals surface area contributed by atoms with Crippen molar-refractivity contribution in [3.8, 4) is 11.8 Å². The Bertz CT molecular complexity index is 1390. The van der Waals surface area contributed by atoms with Crippen LogP contribution in [0, 0.1) is 11.6 Å². The Morgan fingerprint density at radius 3 is 2.77 bits per heavy atom. The summed E-state index contributed by atoms with van der Waals surface area (Å²) in [6.07, 6.45) is 5.09. The summed E-state index contributed by atoms with van der Waals surface area (Å²) in [5.74, 6) is -1.32. The average molecular weight is 410 g/mol. The molecule has 4 aromatic rings. The minimum atomic E-state index is -0.619. The van der Waals surface area contributed by atoms with Gasteiger partial charge in [0.1, 0.15) is 17.5 Å². The number of rotatable bonds is 4. The van der Waals surface area contributed by atoms with Gasteiger partial charge < -0.3 is 15.5 Å². The van der Waals surface area contributed by atoms with E-state index in [1.807, 2.05) is 0 Å². The van der Waals surface area contributed by atoms with Crippen molar-refractivity contribution in [3.63, 3.8) is 0 Å². The molecule has 0 bridgehead atoms. The molecule has 0 aliphatic heterocycles. The van der Waals surface area contributed by atoms with E-state index in [0.29, 0.717) is 21.9 Å². The second-order valence-electron chi connectivity index (χ2n) is 7.05. The van der Waals surface area contributed by atoms with E-state index in [0.717, 1.165) is 31.0 Å². The zero-order valence-corrected chi connectivity index (χ0v) is 15.5. The molecular formula is C20H16F2N6O2. The molecule has 0 radical (unpaired) electrons. The first-order valence-electron chi connectivity index (χ1n) is 9.23. The first-order chi connectivity index (χ1) is 14.5. The number of halogens is 2. The van der Waals surface area contributed by atoms with Crippen molar-refractivity contribution in [2.75, 3.05) is 5.32 Å². The Balaban J connectivity index is 1.68. The number of nitrogens with one attached hydrogen (secondary N) is 2. The molecule has 3 aromatic heterocycles.